The van der Waals surface area contributed by atoms with Crippen molar-refractivity contribution < 1.29 is 9.53 Å². The van der Waals surface area contributed by atoms with Crippen LogP contribution in [0.1, 0.15) is 23.1 Å². The van der Waals surface area contributed by atoms with Crippen LogP contribution in [0.25, 0.3) is 0 Å². The van der Waals surface area contributed by atoms with Crippen LogP contribution in [0, 0.1) is 0 Å². The molecule has 0 atom stereocenters. The Morgan fingerprint density at radius 1 is 1.35 bits per heavy atom. The number of carbonyl (C=O) groups is 1. The Kier molecular flexibility index (Phi) is 4.15. The highest BCUT2D eigenvalue weighted by atomic mass is 16.5. The maximum atomic E-state index is 10.9. The number of aryl methyl sites for hydroxylation is 2. The van der Waals surface area contributed by atoms with Gasteiger partial charge in [0.25, 0.3) is 0 Å². The van der Waals surface area contributed by atoms with Crippen molar-refractivity contribution in [2.45, 2.75) is 25.7 Å². The largest absolute Gasteiger partial charge is 0.468 e. The number of fused-ring (bicyclic) bond motifs is 1. The van der Waals surface area contributed by atoms with Crippen molar-refractivity contribution in [2.75, 3.05) is 20.2 Å². The van der Waals surface area contributed by atoms with Gasteiger partial charge in [-0.05, 0) is 48.9 Å². The van der Waals surface area contributed by atoms with Crippen LogP contribution in [-0.2, 0) is 28.8 Å². The molecule has 0 unspecified atom stereocenters. The van der Waals surface area contributed by atoms with Gasteiger partial charge in [0.15, 0.2) is 0 Å². The lowest BCUT2D eigenvalue weighted by atomic mass is 10.0. The highest BCUT2D eigenvalue weighted by Gasteiger charge is 2.10. The number of nitrogens with one attached hydrogen (secondary N) is 1. The maximum Gasteiger partial charge on any atom is 0.319 e. The van der Waals surface area contributed by atoms with E-state index in [4.69, 9.17) is 0 Å². The predicted octanol–water partition coefficient (Wildman–Crippen LogP) is 1.48. The molecule has 1 aliphatic rings. The van der Waals surface area contributed by atoms with Crippen LogP contribution >= 0.6 is 0 Å². The smallest absolute Gasteiger partial charge is 0.319 e. The monoisotopic (exact) mass is 233 g/mol. The Hall–Kier alpha value is -1.35. The van der Waals surface area contributed by atoms with Crippen molar-refractivity contribution in [2.24, 2.45) is 0 Å². The van der Waals surface area contributed by atoms with Crippen molar-refractivity contribution in [1.29, 1.82) is 0 Å². The molecule has 2 rings (SSSR count). The Balaban J connectivity index is 1.78. The first-order valence-electron chi connectivity index (χ1n) is 6.18. The molecule has 3 heteroatoms. The van der Waals surface area contributed by atoms with E-state index in [-0.39, 0.29) is 5.97 Å². The highest BCUT2D eigenvalue weighted by molar-refractivity contribution is 5.71. The first kappa shape index (κ1) is 12.1. The number of benzene rings is 1. The molecule has 0 radical (unpaired) electrons. The molecule has 0 bridgehead atoms. The molecule has 0 fully saturated rings. The lowest BCUT2D eigenvalue weighted by Crippen LogP contribution is -2.25. The van der Waals surface area contributed by atoms with Crippen molar-refractivity contribution in [3.63, 3.8) is 0 Å². The molecular formula is C14H19NO2. The minimum Gasteiger partial charge on any atom is -0.468 e. The molecule has 0 aromatic heterocycles. The Morgan fingerprint density at radius 3 is 3.00 bits per heavy atom. The van der Waals surface area contributed by atoms with E-state index in [2.05, 4.69) is 28.3 Å². The van der Waals surface area contributed by atoms with Gasteiger partial charge in [0, 0.05) is 0 Å². The van der Waals surface area contributed by atoms with E-state index in [1.807, 2.05) is 0 Å². The van der Waals surface area contributed by atoms with Gasteiger partial charge in [-0.2, -0.15) is 0 Å². The van der Waals surface area contributed by atoms with Crippen LogP contribution in [0.15, 0.2) is 18.2 Å². The summed E-state index contributed by atoms with van der Waals surface area (Å²) in [6.07, 6.45) is 4.71. The van der Waals surface area contributed by atoms with Crippen molar-refractivity contribution >= 4 is 5.97 Å². The third kappa shape index (κ3) is 3.30. The quantitative estimate of drug-likeness (QED) is 0.618. The molecule has 1 aliphatic carbocycles. The van der Waals surface area contributed by atoms with Gasteiger partial charge < -0.3 is 10.1 Å². The summed E-state index contributed by atoms with van der Waals surface area (Å²) in [6.45, 7) is 1.11. The summed E-state index contributed by atoms with van der Waals surface area (Å²) in [5, 5.41) is 3.08. The van der Waals surface area contributed by atoms with Gasteiger partial charge in [-0.15, -0.1) is 0 Å². The van der Waals surface area contributed by atoms with Gasteiger partial charge in [0.2, 0.25) is 0 Å². The second-order valence-corrected chi connectivity index (χ2v) is 4.46. The number of hydrogen-bond donors (Lipinski definition) is 1. The lowest BCUT2D eigenvalue weighted by molar-refractivity contribution is -0.139. The van der Waals surface area contributed by atoms with Gasteiger partial charge in [0.05, 0.1) is 13.7 Å². The fraction of sp³-hybridized carbons (Fsp3) is 0.500. The summed E-state index contributed by atoms with van der Waals surface area (Å²) in [5.41, 5.74) is 4.37. The van der Waals surface area contributed by atoms with E-state index in [1.54, 1.807) is 0 Å². The van der Waals surface area contributed by atoms with Crippen LogP contribution in [-0.4, -0.2) is 26.2 Å². The normalized spacial score (nSPS) is 13.5. The van der Waals surface area contributed by atoms with Crippen LogP contribution in [0.3, 0.4) is 0 Å². The fourth-order valence-corrected chi connectivity index (χ4v) is 2.28. The number of rotatable bonds is 5. The second kappa shape index (κ2) is 5.82. The summed E-state index contributed by atoms with van der Waals surface area (Å²) >= 11 is 0. The lowest BCUT2D eigenvalue weighted by Gasteiger charge is -2.06. The molecule has 92 valence electrons. The average Bonchev–Trinajstić information content (AvgIpc) is 2.81. The number of methoxy groups -OCH3 is 1. The number of ether oxygens (including phenoxy) is 1. The maximum absolute atomic E-state index is 10.9. The second-order valence-electron chi connectivity index (χ2n) is 4.46. The summed E-state index contributed by atoms with van der Waals surface area (Å²) < 4.78 is 4.56. The predicted molar refractivity (Wildman–Crippen MR) is 67.1 cm³/mol. The van der Waals surface area contributed by atoms with E-state index in [0.29, 0.717) is 6.54 Å². The standard InChI is InChI=1S/C14H19NO2/c1-17-14(16)10-15-8-7-11-5-6-12-3-2-4-13(12)9-11/h5-6,9,15H,2-4,7-8,10H2,1H3. The van der Waals surface area contributed by atoms with E-state index in [9.17, 15) is 4.79 Å². The van der Waals surface area contributed by atoms with Crippen molar-refractivity contribution in [3.05, 3.63) is 34.9 Å². The molecule has 0 amide bonds. The SMILES string of the molecule is COC(=O)CNCCc1ccc2c(c1)CCC2. The number of hydrogen-bond acceptors (Lipinski definition) is 3. The third-order valence-corrected chi connectivity index (χ3v) is 3.25. The summed E-state index contributed by atoms with van der Waals surface area (Å²) in [6, 6.07) is 6.75. The molecule has 1 aromatic rings. The Bertz CT molecular complexity index is 401. The van der Waals surface area contributed by atoms with Gasteiger partial charge in [-0.25, -0.2) is 0 Å². The van der Waals surface area contributed by atoms with Gasteiger partial charge in [0.1, 0.15) is 0 Å². The van der Waals surface area contributed by atoms with Crippen LogP contribution < -0.4 is 5.32 Å². The molecular weight excluding hydrogens is 214 g/mol. The summed E-state index contributed by atoms with van der Waals surface area (Å²) in [4.78, 5) is 10.9. The zero-order chi connectivity index (χ0) is 12.1. The van der Waals surface area contributed by atoms with E-state index >= 15 is 0 Å². The fourth-order valence-electron chi connectivity index (χ4n) is 2.28. The van der Waals surface area contributed by atoms with Gasteiger partial charge in [-0.1, -0.05) is 18.2 Å². The molecule has 0 spiro atoms. The van der Waals surface area contributed by atoms with E-state index in [1.165, 1.54) is 43.1 Å². The van der Waals surface area contributed by atoms with Crippen LogP contribution in [0.4, 0.5) is 0 Å². The summed E-state index contributed by atoms with van der Waals surface area (Å²) in [7, 11) is 1.41. The number of esters is 1. The van der Waals surface area contributed by atoms with Crippen molar-refractivity contribution in [3.8, 4) is 0 Å². The third-order valence-electron chi connectivity index (χ3n) is 3.25. The zero-order valence-electron chi connectivity index (χ0n) is 10.3. The molecule has 1 aromatic carbocycles. The van der Waals surface area contributed by atoms with E-state index in [0.717, 1.165) is 13.0 Å². The molecule has 3 nitrogen and oxygen atoms in total. The topological polar surface area (TPSA) is 38.3 Å². The summed E-state index contributed by atoms with van der Waals surface area (Å²) in [5.74, 6) is -0.209. The highest BCUT2D eigenvalue weighted by Crippen LogP contribution is 2.22. The van der Waals surface area contributed by atoms with Crippen LogP contribution in [0.5, 0.6) is 0 Å². The Morgan fingerprint density at radius 2 is 2.18 bits per heavy atom. The van der Waals surface area contributed by atoms with Crippen molar-refractivity contribution in [1.82, 2.24) is 5.32 Å². The Labute approximate surface area is 102 Å². The minimum atomic E-state index is -0.209. The molecule has 0 aliphatic heterocycles. The molecule has 17 heavy (non-hydrogen) atoms. The first-order valence-corrected chi connectivity index (χ1v) is 6.18. The van der Waals surface area contributed by atoms with Gasteiger partial charge in [-0.3, -0.25) is 4.79 Å². The molecule has 0 heterocycles. The minimum absolute atomic E-state index is 0.209. The van der Waals surface area contributed by atoms with Crippen LogP contribution in [0.2, 0.25) is 0 Å². The average molecular weight is 233 g/mol. The van der Waals surface area contributed by atoms with Gasteiger partial charge >= 0.3 is 5.97 Å². The number of carbonyl (C=O) groups excluding carboxylic acids is 1. The zero-order valence-corrected chi connectivity index (χ0v) is 10.3. The first-order chi connectivity index (χ1) is 8.29. The molecule has 0 saturated carbocycles. The van der Waals surface area contributed by atoms with E-state index < -0.39 is 0 Å². The molecule has 0 saturated heterocycles. The molecule has 1 N–H and O–H groups in total.